The Kier molecular flexibility index (Phi) is 13.4. The van der Waals surface area contributed by atoms with Gasteiger partial charge in [-0.15, -0.1) is 0 Å². The quantitative estimate of drug-likeness (QED) is 0.401. The monoisotopic (exact) mass is 196 g/mol. The summed E-state index contributed by atoms with van der Waals surface area (Å²) in [4.78, 5) is 0. The molecule has 0 aliphatic rings. The normalized spacial score (nSPS) is 8.29. The molecule has 2 N–H and O–H groups in total. The molecule has 0 fully saturated rings. The van der Waals surface area contributed by atoms with E-state index in [4.69, 9.17) is 13.3 Å². The van der Waals surface area contributed by atoms with Gasteiger partial charge in [0, 0.05) is 27.7 Å². The zero-order valence-electron chi connectivity index (χ0n) is 4.44. The van der Waals surface area contributed by atoms with Gasteiger partial charge in [0.05, 0.1) is 0 Å². The standard InChI is InChI=1S/Na.Ni.H2O3S2.H/c;;1-5(2,3)4;/h;;(H2,1,2,3,4);/q+1;;;-1. The van der Waals surface area contributed by atoms with Gasteiger partial charge in [-0.05, 0) is 0 Å². The topological polar surface area (TPSA) is 57.5 Å². The first-order chi connectivity index (χ1) is 2.00. The summed E-state index contributed by atoms with van der Waals surface area (Å²) < 4.78 is 24.0. The molecule has 0 aliphatic heterocycles. The first kappa shape index (κ1) is 15.9. The first-order valence-electron chi connectivity index (χ1n) is 0.698. The SMILES string of the molecule is O=S(O)(O)=S.[H-].[Na+].[Ni]. The summed E-state index contributed by atoms with van der Waals surface area (Å²) in [5.74, 6) is 0. The predicted molar refractivity (Wildman–Crippen MR) is 21.9 cm³/mol. The summed E-state index contributed by atoms with van der Waals surface area (Å²) >= 11 is 3.47. The van der Waals surface area contributed by atoms with Gasteiger partial charge in [0.25, 0.3) is 9.05 Å². The maximum atomic E-state index is 9.11. The summed E-state index contributed by atoms with van der Waals surface area (Å²) in [6, 6.07) is 0. The number of rotatable bonds is 0. The van der Waals surface area contributed by atoms with Crippen molar-refractivity contribution < 1.29 is 60.8 Å². The van der Waals surface area contributed by atoms with Crippen LogP contribution in [-0.2, 0) is 36.7 Å². The molecule has 0 unspecified atom stereocenters. The molecule has 0 amide bonds. The second-order valence-corrected chi connectivity index (χ2v) is 2.65. The molecule has 7 heteroatoms. The minimum atomic E-state index is -3.83. The molecule has 0 saturated carbocycles. The minimum Gasteiger partial charge on any atom is -1.00 e. The van der Waals surface area contributed by atoms with Crippen molar-refractivity contribution in [1.82, 2.24) is 0 Å². The van der Waals surface area contributed by atoms with Crippen molar-refractivity contribution in [1.29, 1.82) is 0 Å². The fraction of sp³-hybridized carbons (Fsp3) is 0. The first-order valence-corrected chi connectivity index (χ1v) is 3.10. The van der Waals surface area contributed by atoms with Crippen LogP contribution in [0.15, 0.2) is 0 Å². The molecule has 0 bridgehead atoms. The summed E-state index contributed by atoms with van der Waals surface area (Å²) in [6.45, 7) is 0. The van der Waals surface area contributed by atoms with E-state index in [1.54, 1.807) is 0 Å². The van der Waals surface area contributed by atoms with Gasteiger partial charge in [-0.1, -0.05) is 0 Å². The molecular formula is H3NaNiO3S2. The van der Waals surface area contributed by atoms with Gasteiger partial charge in [-0.3, -0.25) is 9.11 Å². The van der Waals surface area contributed by atoms with Crippen LogP contribution in [-0.4, -0.2) is 13.3 Å². The molecule has 0 aromatic carbocycles. The molecular weight excluding hydrogens is 194 g/mol. The Morgan fingerprint density at radius 2 is 1.57 bits per heavy atom. The third-order valence-corrected chi connectivity index (χ3v) is 0. The van der Waals surface area contributed by atoms with E-state index in [9.17, 15) is 0 Å². The van der Waals surface area contributed by atoms with E-state index in [1.165, 1.54) is 0 Å². The molecule has 0 atom stereocenters. The van der Waals surface area contributed by atoms with Crippen LogP contribution in [0.4, 0.5) is 0 Å². The summed E-state index contributed by atoms with van der Waals surface area (Å²) in [7, 11) is -3.83. The van der Waals surface area contributed by atoms with Gasteiger partial charge in [-0.25, -0.2) is 0 Å². The fourth-order valence-electron chi connectivity index (χ4n) is 0. The maximum Gasteiger partial charge on any atom is 1.00 e. The summed E-state index contributed by atoms with van der Waals surface area (Å²) in [5.41, 5.74) is 0. The van der Waals surface area contributed by atoms with Gasteiger partial charge >= 0.3 is 29.6 Å². The van der Waals surface area contributed by atoms with Crippen molar-refractivity contribution in [3.63, 3.8) is 0 Å². The van der Waals surface area contributed by atoms with Gasteiger partial charge in [0.1, 0.15) is 0 Å². The fourth-order valence-corrected chi connectivity index (χ4v) is 0. The van der Waals surface area contributed by atoms with Crippen LogP contribution in [0.25, 0.3) is 0 Å². The van der Waals surface area contributed by atoms with Crippen LogP contribution in [0.1, 0.15) is 1.43 Å². The minimum absolute atomic E-state index is 0. The van der Waals surface area contributed by atoms with E-state index in [-0.39, 0.29) is 47.5 Å². The molecule has 0 radical (unpaired) electrons. The largest absolute Gasteiger partial charge is 1.00 e. The van der Waals surface area contributed by atoms with Crippen molar-refractivity contribution in [2.24, 2.45) is 0 Å². The Hall–Kier alpha value is 1.78. The Balaban J connectivity index is -0.0000000267. The van der Waals surface area contributed by atoms with Crippen LogP contribution in [0, 0.1) is 0 Å². The van der Waals surface area contributed by atoms with Gasteiger partial charge < -0.3 is 1.43 Å². The maximum absolute atomic E-state index is 9.11. The summed E-state index contributed by atoms with van der Waals surface area (Å²) in [6.07, 6.45) is 0. The van der Waals surface area contributed by atoms with Crippen molar-refractivity contribution in [2.75, 3.05) is 0 Å². The van der Waals surface area contributed by atoms with Gasteiger partial charge in [-0.2, -0.15) is 4.21 Å². The average Bonchev–Trinajstić information content (AvgIpc) is 0.722. The second kappa shape index (κ2) is 5.91. The van der Waals surface area contributed by atoms with Gasteiger partial charge in [0.2, 0.25) is 0 Å². The smallest absolute Gasteiger partial charge is 1.00 e. The zero-order valence-corrected chi connectivity index (χ0v) is 8.06. The van der Waals surface area contributed by atoms with E-state index in [1.807, 2.05) is 0 Å². The Labute approximate surface area is 80.3 Å². The number of hydrogen-bond donors (Lipinski definition) is 2. The molecule has 0 aromatic heterocycles. The van der Waals surface area contributed by atoms with Crippen LogP contribution in [0.3, 0.4) is 0 Å². The Morgan fingerprint density at radius 3 is 1.57 bits per heavy atom. The van der Waals surface area contributed by atoms with E-state index >= 15 is 0 Å². The zero-order chi connectivity index (χ0) is 4.50. The van der Waals surface area contributed by atoms with Gasteiger partial charge in [0.15, 0.2) is 0 Å². The van der Waals surface area contributed by atoms with Crippen molar-refractivity contribution >= 4 is 20.2 Å². The molecule has 0 aromatic rings. The summed E-state index contributed by atoms with van der Waals surface area (Å²) in [5, 5.41) is 0. The molecule has 0 heterocycles. The molecule has 0 aliphatic carbocycles. The third-order valence-electron chi connectivity index (χ3n) is 0. The average molecular weight is 197 g/mol. The molecule has 0 saturated heterocycles. The van der Waals surface area contributed by atoms with E-state index < -0.39 is 9.05 Å². The van der Waals surface area contributed by atoms with Crippen LogP contribution in [0.5, 0.6) is 0 Å². The molecule has 44 valence electrons. The molecule has 7 heavy (non-hydrogen) atoms. The third kappa shape index (κ3) is 81.8. The van der Waals surface area contributed by atoms with Crippen LogP contribution >= 0.6 is 0 Å². The Morgan fingerprint density at radius 1 is 1.57 bits per heavy atom. The Bertz CT molecular complexity index is 100. The molecule has 0 rings (SSSR count). The van der Waals surface area contributed by atoms with Crippen LogP contribution < -0.4 is 29.6 Å². The van der Waals surface area contributed by atoms with E-state index in [0.29, 0.717) is 0 Å². The van der Waals surface area contributed by atoms with Crippen molar-refractivity contribution in [3.8, 4) is 0 Å². The van der Waals surface area contributed by atoms with Crippen molar-refractivity contribution in [3.05, 3.63) is 0 Å². The van der Waals surface area contributed by atoms with Crippen LogP contribution in [0.2, 0.25) is 0 Å². The number of hydrogen-bond acceptors (Lipinski definition) is 2. The predicted octanol–water partition coefficient (Wildman–Crippen LogP) is -3.21. The van der Waals surface area contributed by atoms with E-state index in [2.05, 4.69) is 11.2 Å². The van der Waals surface area contributed by atoms with Crippen molar-refractivity contribution in [2.45, 2.75) is 0 Å². The molecule has 3 nitrogen and oxygen atoms in total. The molecule has 0 spiro atoms. The van der Waals surface area contributed by atoms with E-state index in [0.717, 1.165) is 0 Å². The second-order valence-electron chi connectivity index (χ2n) is 0.448.